The number of Topliss-reactive ketones (excluding diaryl/α,β-unsaturated/α-hetero) is 1. The molecule has 0 unspecified atom stereocenters. The summed E-state index contributed by atoms with van der Waals surface area (Å²) >= 11 is 0. The maximum Gasteiger partial charge on any atom is 0.311 e. The highest BCUT2D eigenvalue weighted by atomic mass is 16.6. The third-order valence-corrected chi connectivity index (χ3v) is 1.81. The lowest BCUT2D eigenvalue weighted by Crippen LogP contribution is -2.08. The first-order valence-electron chi connectivity index (χ1n) is 4.38. The summed E-state index contributed by atoms with van der Waals surface area (Å²) in [4.78, 5) is 20.8. The first kappa shape index (κ1) is 11.2. The number of carbonyl (C=O) groups is 1. The molecule has 0 aliphatic rings. The minimum absolute atomic E-state index is 0.115. The lowest BCUT2D eigenvalue weighted by Gasteiger charge is -2.07. The zero-order valence-corrected chi connectivity index (χ0v) is 8.52. The van der Waals surface area contributed by atoms with Crippen LogP contribution in [-0.4, -0.2) is 17.3 Å². The van der Waals surface area contributed by atoms with E-state index in [0.29, 0.717) is 5.56 Å². The van der Waals surface area contributed by atoms with Gasteiger partial charge in [-0.1, -0.05) is 12.1 Å². The number of hydrogen-bond donors (Lipinski definition) is 0. The Bertz CT molecular complexity index is 400. The van der Waals surface area contributed by atoms with Crippen LogP contribution < -0.4 is 4.74 Å². The van der Waals surface area contributed by atoms with Crippen molar-refractivity contribution >= 4 is 11.5 Å². The van der Waals surface area contributed by atoms with Crippen molar-refractivity contribution in [1.82, 2.24) is 0 Å². The van der Waals surface area contributed by atoms with Gasteiger partial charge in [-0.15, -0.1) is 0 Å². The van der Waals surface area contributed by atoms with Crippen LogP contribution in [0.2, 0.25) is 0 Å². The number of ether oxygens (including phenoxy) is 1. The molecule has 0 atom stereocenters. The van der Waals surface area contributed by atoms with E-state index in [0.717, 1.165) is 0 Å². The summed E-state index contributed by atoms with van der Waals surface area (Å²) in [6.45, 7) is 2.91. The molecule has 1 rings (SSSR count). The topological polar surface area (TPSA) is 69.4 Å². The highest BCUT2D eigenvalue weighted by Gasteiger charge is 2.17. The molecule has 0 heterocycles. The van der Waals surface area contributed by atoms with Crippen LogP contribution in [0.3, 0.4) is 0 Å². The van der Waals surface area contributed by atoms with Crippen molar-refractivity contribution in [2.24, 2.45) is 0 Å². The summed E-state index contributed by atoms with van der Waals surface area (Å²) in [5, 5.41) is 10.7. The number of nitro groups is 1. The Labute approximate surface area is 86.8 Å². The molecule has 0 saturated heterocycles. The van der Waals surface area contributed by atoms with Crippen molar-refractivity contribution in [1.29, 1.82) is 0 Å². The van der Waals surface area contributed by atoms with Gasteiger partial charge in [0.2, 0.25) is 0 Å². The summed E-state index contributed by atoms with van der Waals surface area (Å²) in [7, 11) is 0. The predicted octanol–water partition coefficient (Wildman–Crippen LogP) is 1.87. The van der Waals surface area contributed by atoms with E-state index in [1.165, 1.54) is 13.0 Å². The van der Waals surface area contributed by atoms with E-state index in [4.69, 9.17) is 4.74 Å². The van der Waals surface area contributed by atoms with Gasteiger partial charge in [-0.3, -0.25) is 14.9 Å². The molecule has 0 amide bonds. The van der Waals surface area contributed by atoms with Crippen molar-refractivity contribution in [2.45, 2.75) is 13.8 Å². The molecule has 5 nitrogen and oxygen atoms in total. The molecule has 0 saturated carbocycles. The molecule has 0 aliphatic heterocycles. The highest BCUT2D eigenvalue weighted by Crippen LogP contribution is 2.29. The van der Waals surface area contributed by atoms with Gasteiger partial charge in [0.1, 0.15) is 6.61 Å². The number of ketones is 1. The number of nitrogens with zero attached hydrogens (tertiary/aromatic N) is 1. The van der Waals surface area contributed by atoms with Gasteiger partial charge < -0.3 is 4.74 Å². The molecule has 0 radical (unpaired) electrons. The Balaban J connectivity index is 3.02. The third-order valence-electron chi connectivity index (χ3n) is 1.81. The number of rotatable bonds is 4. The Kier molecular flexibility index (Phi) is 3.38. The second kappa shape index (κ2) is 4.54. The lowest BCUT2D eigenvalue weighted by molar-refractivity contribution is -0.385. The number of nitro benzene ring substituents is 1. The Morgan fingerprint density at radius 2 is 2.20 bits per heavy atom. The molecule has 1 aromatic carbocycles. The number of para-hydroxylation sites is 1. The number of hydrogen-bond acceptors (Lipinski definition) is 4. The molecule has 0 bridgehead atoms. The zero-order chi connectivity index (χ0) is 11.4. The van der Waals surface area contributed by atoms with Crippen LogP contribution in [0.25, 0.3) is 0 Å². The largest absolute Gasteiger partial charge is 0.479 e. The Hall–Kier alpha value is -1.91. The maximum atomic E-state index is 10.7. The molecule has 0 aliphatic carbocycles. The molecule has 15 heavy (non-hydrogen) atoms. The average Bonchev–Trinajstić information content (AvgIpc) is 2.15. The van der Waals surface area contributed by atoms with Crippen molar-refractivity contribution in [3.8, 4) is 5.75 Å². The first-order chi connectivity index (χ1) is 7.02. The standard InChI is InChI=1S/C10H11NO4/c1-7-4-3-5-9(11(13)14)10(7)15-6-8(2)12/h3-5H,6H2,1-2H3. The second-order valence-corrected chi connectivity index (χ2v) is 3.17. The van der Waals surface area contributed by atoms with Crippen molar-refractivity contribution < 1.29 is 14.5 Å². The third kappa shape index (κ3) is 2.77. The molecule has 1 aromatic rings. The molecule has 80 valence electrons. The molecule has 0 N–H and O–H groups in total. The van der Waals surface area contributed by atoms with E-state index in [1.807, 2.05) is 0 Å². The quantitative estimate of drug-likeness (QED) is 0.560. The minimum Gasteiger partial charge on any atom is -0.479 e. The fraction of sp³-hybridized carbons (Fsp3) is 0.300. The molecule has 5 heteroatoms. The van der Waals surface area contributed by atoms with E-state index in [2.05, 4.69) is 0 Å². The highest BCUT2D eigenvalue weighted by molar-refractivity contribution is 5.77. The summed E-state index contributed by atoms with van der Waals surface area (Å²) < 4.78 is 5.10. The maximum absolute atomic E-state index is 10.7. The first-order valence-corrected chi connectivity index (χ1v) is 4.38. The summed E-state index contributed by atoms with van der Waals surface area (Å²) in [5.41, 5.74) is 0.529. The van der Waals surface area contributed by atoms with Gasteiger partial charge in [-0.25, -0.2) is 0 Å². The van der Waals surface area contributed by atoms with E-state index in [1.54, 1.807) is 19.1 Å². The summed E-state index contributed by atoms with van der Waals surface area (Å²) in [5.74, 6) is -0.00903. The van der Waals surface area contributed by atoms with E-state index < -0.39 is 4.92 Å². The SMILES string of the molecule is CC(=O)COc1c(C)cccc1[N+](=O)[O-]. The van der Waals surface area contributed by atoms with E-state index >= 15 is 0 Å². The Morgan fingerprint density at radius 1 is 1.53 bits per heavy atom. The van der Waals surface area contributed by atoms with Crippen LogP contribution >= 0.6 is 0 Å². The normalized spacial score (nSPS) is 9.73. The molecular formula is C10H11NO4. The minimum atomic E-state index is -0.525. The number of benzene rings is 1. The summed E-state index contributed by atoms with van der Waals surface area (Å²) in [6.07, 6.45) is 0. The van der Waals surface area contributed by atoms with Gasteiger partial charge in [0.25, 0.3) is 0 Å². The van der Waals surface area contributed by atoms with Crippen LogP contribution in [-0.2, 0) is 4.79 Å². The lowest BCUT2D eigenvalue weighted by atomic mass is 10.2. The summed E-state index contributed by atoms with van der Waals surface area (Å²) in [6, 6.07) is 4.62. The zero-order valence-electron chi connectivity index (χ0n) is 8.52. The van der Waals surface area contributed by atoms with E-state index in [-0.39, 0.29) is 23.8 Å². The van der Waals surface area contributed by atoms with Crippen LogP contribution in [0.15, 0.2) is 18.2 Å². The predicted molar refractivity (Wildman–Crippen MR) is 54.0 cm³/mol. The monoisotopic (exact) mass is 209 g/mol. The van der Waals surface area contributed by atoms with Crippen LogP contribution in [0.5, 0.6) is 5.75 Å². The van der Waals surface area contributed by atoms with Gasteiger partial charge in [0, 0.05) is 6.07 Å². The second-order valence-electron chi connectivity index (χ2n) is 3.17. The fourth-order valence-corrected chi connectivity index (χ4v) is 1.14. The number of aryl methyl sites for hydroxylation is 1. The molecular weight excluding hydrogens is 198 g/mol. The smallest absolute Gasteiger partial charge is 0.311 e. The molecule has 0 spiro atoms. The van der Waals surface area contributed by atoms with Gasteiger partial charge in [0.15, 0.2) is 11.5 Å². The van der Waals surface area contributed by atoms with Crippen molar-refractivity contribution in [3.05, 3.63) is 33.9 Å². The van der Waals surface area contributed by atoms with E-state index in [9.17, 15) is 14.9 Å². The van der Waals surface area contributed by atoms with Gasteiger partial charge in [0.05, 0.1) is 4.92 Å². The van der Waals surface area contributed by atoms with Gasteiger partial charge in [-0.2, -0.15) is 0 Å². The van der Waals surface area contributed by atoms with Crippen LogP contribution in [0.4, 0.5) is 5.69 Å². The van der Waals surface area contributed by atoms with Crippen molar-refractivity contribution in [3.63, 3.8) is 0 Å². The van der Waals surface area contributed by atoms with Gasteiger partial charge in [-0.05, 0) is 19.4 Å². The average molecular weight is 209 g/mol. The van der Waals surface area contributed by atoms with Gasteiger partial charge >= 0.3 is 5.69 Å². The number of carbonyl (C=O) groups excluding carboxylic acids is 1. The molecule has 0 aromatic heterocycles. The van der Waals surface area contributed by atoms with Crippen LogP contribution in [0, 0.1) is 17.0 Å². The van der Waals surface area contributed by atoms with Crippen LogP contribution in [0.1, 0.15) is 12.5 Å². The molecule has 0 fully saturated rings. The fourth-order valence-electron chi connectivity index (χ4n) is 1.14. The van der Waals surface area contributed by atoms with Crippen molar-refractivity contribution in [2.75, 3.05) is 6.61 Å². The Morgan fingerprint density at radius 3 is 2.73 bits per heavy atom.